The SMILES string of the molecule is OC[C@H]1O[C@@H](n2cc3cncnc3n2)C[C@@H]1O. The highest BCUT2D eigenvalue weighted by atomic mass is 16.5. The summed E-state index contributed by atoms with van der Waals surface area (Å²) in [4.78, 5) is 7.93. The minimum Gasteiger partial charge on any atom is -0.394 e. The second-order valence-corrected chi connectivity index (χ2v) is 4.03. The number of fused-ring (bicyclic) bond motifs is 1. The van der Waals surface area contributed by atoms with E-state index in [-0.39, 0.29) is 12.8 Å². The van der Waals surface area contributed by atoms with Crippen molar-refractivity contribution in [3.8, 4) is 0 Å². The van der Waals surface area contributed by atoms with Gasteiger partial charge in [0.2, 0.25) is 0 Å². The van der Waals surface area contributed by atoms with Crippen molar-refractivity contribution < 1.29 is 14.9 Å². The Balaban J connectivity index is 1.89. The first-order valence-corrected chi connectivity index (χ1v) is 5.37. The van der Waals surface area contributed by atoms with Gasteiger partial charge in [0.15, 0.2) is 11.9 Å². The number of hydrogen-bond donors (Lipinski definition) is 2. The summed E-state index contributed by atoms with van der Waals surface area (Å²) in [6, 6.07) is 0. The van der Waals surface area contributed by atoms with Crippen molar-refractivity contribution in [3.05, 3.63) is 18.7 Å². The van der Waals surface area contributed by atoms with Crippen molar-refractivity contribution in [2.45, 2.75) is 24.9 Å². The fourth-order valence-corrected chi connectivity index (χ4v) is 1.98. The summed E-state index contributed by atoms with van der Waals surface area (Å²) in [7, 11) is 0. The predicted molar refractivity (Wildman–Crippen MR) is 56.9 cm³/mol. The predicted octanol–water partition coefficient (Wildman–Crippen LogP) is -0.533. The van der Waals surface area contributed by atoms with Gasteiger partial charge in [-0.1, -0.05) is 0 Å². The standard InChI is InChI=1S/C10H12N4O3/c15-4-8-7(16)1-9(17-8)14-3-6-2-11-5-12-10(6)13-14/h2-3,5,7-9,15-16H,1,4H2/t7-,8+,9+/m0/s1. The van der Waals surface area contributed by atoms with Crippen molar-refractivity contribution in [3.63, 3.8) is 0 Å². The zero-order valence-corrected chi connectivity index (χ0v) is 8.97. The number of rotatable bonds is 2. The third-order valence-corrected chi connectivity index (χ3v) is 2.88. The molecule has 1 aliphatic rings. The maximum atomic E-state index is 9.64. The van der Waals surface area contributed by atoms with Crippen LogP contribution in [-0.2, 0) is 4.74 Å². The summed E-state index contributed by atoms with van der Waals surface area (Å²) in [6.45, 7) is -0.196. The molecule has 2 aromatic heterocycles. The molecule has 2 N–H and O–H groups in total. The average molecular weight is 236 g/mol. The molecule has 17 heavy (non-hydrogen) atoms. The number of aromatic nitrogens is 4. The zero-order chi connectivity index (χ0) is 11.8. The molecule has 3 rings (SSSR count). The van der Waals surface area contributed by atoms with Crippen LogP contribution in [0.1, 0.15) is 12.6 Å². The zero-order valence-electron chi connectivity index (χ0n) is 8.97. The number of nitrogens with zero attached hydrogens (tertiary/aromatic N) is 4. The van der Waals surface area contributed by atoms with E-state index in [1.54, 1.807) is 17.1 Å². The van der Waals surface area contributed by atoms with E-state index in [1.807, 2.05) is 0 Å². The molecule has 7 heteroatoms. The number of hydrogen-bond acceptors (Lipinski definition) is 6. The smallest absolute Gasteiger partial charge is 0.184 e. The molecule has 0 aliphatic carbocycles. The van der Waals surface area contributed by atoms with E-state index in [4.69, 9.17) is 9.84 Å². The van der Waals surface area contributed by atoms with E-state index < -0.39 is 12.2 Å². The quantitative estimate of drug-likeness (QED) is 0.728. The maximum absolute atomic E-state index is 9.64. The molecular formula is C10H12N4O3. The Morgan fingerprint density at radius 3 is 3.12 bits per heavy atom. The molecule has 1 aliphatic heterocycles. The first-order valence-electron chi connectivity index (χ1n) is 5.37. The van der Waals surface area contributed by atoms with Gasteiger partial charge in [0, 0.05) is 18.8 Å². The van der Waals surface area contributed by atoms with Crippen molar-refractivity contribution in [1.82, 2.24) is 19.7 Å². The number of ether oxygens (including phenoxy) is 1. The van der Waals surface area contributed by atoms with Gasteiger partial charge in [-0.3, -0.25) is 0 Å². The van der Waals surface area contributed by atoms with Gasteiger partial charge in [-0.05, 0) is 0 Å². The van der Waals surface area contributed by atoms with Gasteiger partial charge in [-0.15, -0.1) is 5.10 Å². The van der Waals surface area contributed by atoms with Crippen LogP contribution >= 0.6 is 0 Å². The highest BCUT2D eigenvalue weighted by Gasteiger charge is 2.34. The molecule has 3 heterocycles. The first kappa shape index (κ1) is 10.6. The van der Waals surface area contributed by atoms with Crippen molar-refractivity contribution >= 4 is 11.0 Å². The van der Waals surface area contributed by atoms with Gasteiger partial charge < -0.3 is 14.9 Å². The lowest BCUT2D eigenvalue weighted by Crippen LogP contribution is -2.24. The summed E-state index contributed by atoms with van der Waals surface area (Å²) >= 11 is 0. The minimum atomic E-state index is -0.664. The molecule has 1 saturated heterocycles. The van der Waals surface area contributed by atoms with Crippen LogP contribution in [0.25, 0.3) is 11.0 Å². The molecule has 1 fully saturated rings. The van der Waals surface area contributed by atoms with Crippen LogP contribution in [0.3, 0.4) is 0 Å². The Labute approximate surface area is 96.7 Å². The van der Waals surface area contributed by atoms with Crippen LogP contribution in [0.15, 0.2) is 18.7 Å². The average Bonchev–Trinajstić information content (AvgIpc) is 2.91. The van der Waals surface area contributed by atoms with E-state index in [2.05, 4.69) is 15.1 Å². The van der Waals surface area contributed by atoms with Crippen molar-refractivity contribution in [2.75, 3.05) is 6.61 Å². The monoisotopic (exact) mass is 236 g/mol. The fourth-order valence-electron chi connectivity index (χ4n) is 1.98. The van der Waals surface area contributed by atoms with Crippen LogP contribution < -0.4 is 0 Å². The number of aliphatic hydroxyl groups is 2. The summed E-state index contributed by atoms with van der Waals surface area (Å²) in [5, 5.41) is 23.7. The molecule has 0 saturated carbocycles. The summed E-state index contributed by atoms with van der Waals surface area (Å²) in [5.74, 6) is 0. The maximum Gasteiger partial charge on any atom is 0.184 e. The van der Waals surface area contributed by atoms with Gasteiger partial charge in [0.1, 0.15) is 12.4 Å². The van der Waals surface area contributed by atoms with E-state index in [9.17, 15) is 5.11 Å². The lowest BCUT2D eigenvalue weighted by atomic mass is 10.2. The molecule has 0 amide bonds. The Hall–Kier alpha value is -1.57. The molecule has 0 radical (unpaired) electrons. The molecule has 2 aromatic rings. The van der Waals surface area contributed by atoms with Gasteiger partial charge >= 0.3 is 0 Å². The summed E-state index contributed by atoms with van der Waals surface area (Å²) in [6.07, 6.45) is 3.71. The Bertz CT molecular complexity index is 496. The lowest BCUT2D eigenvalue weighted by molar-refractivity contribution is -0.0482. The van der Waals surface area contributed by atoms with Crippen molar-refractivity contribution in [1.29, 1.82) is 0 Å². The third kappa shape index (κ3) is 1.78. The van der Waals surface area contributed by atoms with Gasteiger partial charge in [-0.2, -0.15) is 0 Å². The lowest BCUT2D eigenvalue weighted by Gasteiger charge is -2.11. The Morgan fingerprint density at radius 2 is 2.41 bits per heavy atom. The third-order valence-electron chi connectivity index (χ3n) is 2.88. The summed E-state index contributed by atoms with van der Waals surface area (Å²) in [5.41, 5.74) is 0.588. The highest BCUT2D eigenvalue weighted by molar-refractivity contribution is 5.72. The first-order chi connectivity index (χ1) is 8.28. The van der Waals surface area contributed by atoms with Gasteiger partial charge in [0.05, 0.1) is 18.1 Å². The molecule has 0 bridgehead atoms. The van der Waals surface area contributed by atoms with E-state index in [1.165, 1.54) is 6.33 Å². The van der Waals surface area contributed by atoms with Crippen LogP contribution in [0.2, 0.25) is 0 Å². The largest absolute Gasteiger partial charge is 0.394 e. The normalized spacial score (nSPS) is 28.9. The highest BCUT2D eigenvalue weighted by Crippen LogP contribution is 2.28. The second kappa shape index (κ2) is 4.02. The molecule has 3 atom stereocenters. The van der Waals surface area contributed by atoms with Crippen LogP contribution in [0, 0.1) is 0 Å². The van der Waals surface area contributed by atoms with Crippen LogP contribution in [0.4, 0.5) is 0 Å². The van der Waals surface area contributed by atoms with Crippen molar-refractivity contribution in [2.24, 2.45) is 0 Å². The van der Waals surface area contributed by atoms with Crippen LogP contribution in [0.5, 0.6) is 0 Å². The number of aliphatic hydroxyl groups excluding tert-OH is 2. The Morgan fingerprint density at radius 1 is 1.53 bits per heavy atom. The molecular weight excluding hydrogens is 224 g/mol. The molecule has 0 unspecified atom stereocenters. The minimum absolute atomic E-state index is 0.196. The Kier molecular flexibility index (Phi) is 2.50. The molecule has 7 nitrogen and oxygen atoms in total. The van der Waals surface area contributed by atoms with E-state index in [0.29, 0.717) is 12.1 Å². The second-order valence-electron chi connectivity index (χ2n) is 4.03. The molecule has 90 valence electrons. The summed E-state index contributed by atoms with van der Waals surface area (Å²) < 4.78 is 7.10. The molecule has 0 aromatic carbocycles. The topological polar surface area (TPSA) is 93.3 Å². The van der Waals surface area contributed by atoms with E-state index >= 15 is 0 Å². The van der Waals surface area contributed by atoms with Gasteiger partial charge in [0.25, 0.3) is 0 Å². The molecule has 0 spiro atoms. The van der Waals surface area contributed by atoms with Gasteiger partial charge in [-0.25, -0.2) is 14.6 Å². The fraction of sp³-hybridized carbons (Fsp3) is 0.500. The van der Waals surface area contributed by atoms with Crippen LogP contribution in [-0.4, -0.2) is 48.8 Å². The van der Waals surface area contributed by atoms with E-state index in [0.717, 1.165) is 5.39 Å².